The highest BCUT2D eigenvalue weighted by atomic mass is 31.1. The Kier molecular flexibility index (Phi) is 6.79. The van der Waals surface area contributed by atoms with Crippen LogP contribution in [0.15, 0.2) is 109 Å². The lowest BCUT2D eigenvalue weighted by molar-refractivity contribution is 0.415. The number of nitrogens with zero attached hydrogens (tertiary/aromatic N) is 2. The van der Waals surface area contributed by atoms with Crippen LogP contribution in [-0.4, -0.2) is 16.5 Å². The summed E-state index contributed by atoms with van der Waals surface area (Å²) in [5.41, 5.74) is 6.57. The standard InChI is InChI=1S/C36H27F2N2O2P/c1-22-20-23(2)40-32-21-27(41-3)13-18-31(32)39-35(36(22)40)34-30-7-5-4-6-24(30)8-19-33(34)42-43(28-14-9-25(37)10-15-28)29-16-11-26(38)12-17-29/h4-21H,1-3H3. The number of halogens is 2. The lowest BCUT2D eigenvalue weighted by Crippen LogP contribution is -2.16. The zero-order chi connectivity index (χ0) is 29.7. The summed E-state index contributed by atoms with van der Waals surface area (Å²) in [6.07, 6.45) is 0. The molecule has 212 valence electrons. The average Bonchev–Trinajstić information content (AvgIpc) is 3.33. The topological polar surface area (TPSA) is 35.8 Å². The van der Waals surface area contributed by atoms with Gasteiger partial charge in [-0.3, -0.25) is 0 Å². The van der Waals surface area contributed by atoms with Crippen LogP contribution in [0.25, 0.3) is 38.6 Å². The van der Waals surface area contributed by atoms with Crippen molar-refractivity contribution in [2.24, 2.45) is 0 Å². The monoisotopic (exact) mass is 588 g/mol. The van der Waals surface area contributed by atoms with Crippen LogP contribution in [0.1, 0.15) is 11.3 Å². The third kappa shape index (κ3) is 4.78. The first kappa shape index (κ1) is 27.1. The molecule has 0 aliphatic heterocycles. The minimum atomic E-state index is -1.49. The summed E-state index contributed by atoms with van der Waals surface area (Å²) in [7, 11) is 0.176. The molecule has 2 heterocycles. The van der Waals surface area contributed by atoms with Gasteiger partial charge in [0, 0.05) is 22.4 Å². The fourth-order valence-corrected chi connectivity index (χ4v) is 7.43. The zero-order valence-corrected chi connectivity index (χ0v) is 24.7. The molecule has 43 heavy (non-hydrogen) atoms. The molecule has 0 radical (unpaired) electrons. The molecule has 0 aliphatic carbocycles. The van der Waals surface area contributed by atoms with E-state index in [1.165, 1.54) is 24.3 Å². The van der Waals surface area contributed by atoms with E-state index in [1.54, 1.807) is 31.4 Å². The Labute approximate surface area is 249 Å². The van der Waals surface area contributed by atoms with Crippen LogP contribution in [-0.2, 0) is 0 Å². The third-order valence-corrected chi connectivity index (χ3v) is 9.61. The summed E-state index contributed by atoms with van der Waals surface area (Å²) >= 11 is 0. The molecule has 7 rings (SSSR count). The average molecular weight is 589 g/mol. The number of aromatic nitrogens is 2. The lowest BCUT2D eigenvalue weighted by Gasteiger charge is -2.23. The third-order valence-electron chi connectivity index (χ3n) is 7.69. The maximum Gasteiger partial charge on any atom is 0.150 e. The van der Waals surface area contributed by atoms with Gasteiger partial charge in [0.25, 0.3) is 0 Å². The summed E-state index contributed by atoms with van der Waals surface area (Å²) in [6, 6.07) is 32.9. The number of ether oxygens (including phenoxy) is 1. The predicted octanol–water partition coefficient (Wildman–Crippen LogP) is 8.64. The normalized spacial score (nSPS) is 11.6. The van der Waals surface area contributed by atoms with Crippen LogP contribution >= 0.6 is 8.15 Å². The van der Waals surface area contributed by atoms with Gasteiger partial charge in [0.05, 0.1) is 34.9 Å². The number of hydrogen-bond acceptors (Lipinski definition) is 3. The van der Waals surface area contributed by atoms with Crippen molar-refractivity contribution in [3.63, 3.8) is 0 Å². The van der Waals surface area contributed by atoms with Crippen LogP contribution in [0.2, 0.25) is 0 Å². The number of hydrogen-bond donors (Lipinski definition) is 0. The van der Waals surface area contributed by atoms with E-state index < -0.39 is 8.15 Å². The number of methoxy groups -OCH3 is 1. The van der Waals surface area contributed by atoms with Gasteiger partial charge in [0.15, 0.2) is 8.15 Å². The van der Waals surface area contributed by atoms with Crippen LogP contribution in [0.3, 0.4) is 0 Å². The molecule has 5 aromatic carbocycles. The summed E-state index contributed by atoms with van der Waals surface area (Å²) < 4.78 is 42.6. The molecule has 0 unspecified atom stereocenters. The van der Waals surface area contributed by atoms with Gasteiger partial charge in [-0.15, -0.1) is 0 Å². The Balaban J connectivity index is 1.52. The Hall–Kier alpha value is -4.80. The molecule has 2 aromatic heterocycles. The largest absolute Gasteiger partial charge is 0.497 e. The lowest BCUT2D eigenvalue weighted by atomic mass is 9.99. The van der Waals surface area contributed by atoms with Gasteiger partial charge < -0.3 is 13.7 Å². The van der Waals surface area contributed by atoms with Crippen LogP contribution in [0.5, 0.6) is 11.5 Å². The first-order valence-electron chi connectivity index (χ1n) is 13.9. The molecule has 7 aromatic rings. The zero-order valence-electron chi connectivity index (χ0n) is 23.8. The molecular weight excluding hydrogens is 561 g/mol. The molecule has 4 nitrogen and oxygen atoms in total. The van der Waals surface area contributed by atoms with E-state index in [0.29, 0.717) is 5.75 Å². The number of fused-ring (bicyclic) bond motifs is 4. The fourth-order valence-electron chi connectivity index (χ4n) is 5.73. The van der Waals surface area contributed by atoms with Crippen LogP contribution in [0.4, 0.5) is 8.78 Å². The van der Waals surface area contributed by atoms with E-state index in [1.807, 2.05) is 42.5 Å². The highest BCUT2D eigenvalue weighted by Gasteiger charge is 2.24. The van der Waals surface area contributed by atoms with E-state index in [0.717, 1.165) is 66.2 Å². The Morgan fingerprint density at radius 1 is 0.744 bits per heavy atom. The second-order valence-corrected chi connectivity index (χ2v) is 12.3. The van der Waals surface area contributed by atoms with E-state index in [-0.39, 0.29) is 11.6 Å². The first-order valence-corrected chi connectivity index (χ1v) is 15.1. The molecule has 7 heteroatoms. The molecule has 0 bridgehead atoms. The number of aryl methyl sites for hydroxylation is 2. The Morgan fingerprint density at radius 3 is 2.09 bits per heavy atom. The minimum Gasteiger partial charge on any atom is -0.497 e. The van der Waals surface area contributed by atoms with Crippen molar-refractivity contribution in [1.29, 1.82) is 0 Å². The smallest absolute Gasteiger partial charge is 0.150 e. The Morgan fingerprint density at radius 2 is 1.42 bits per heavy atom. The number of benzene rings is 5. The van der Waals surface area contributed by atoms with Crippen molar-refractivity contribution >= 4 is 46.1 Å². The van der Waals surface area contributed by atoms with E-state index in [2.05, 4.69) is 36.4 Å². The summed E-state index contributed by atoms with van der Waals surface area (Å²) in [5.74, 6) is 0.733. The SMILES string of the molecule is COc1ccc2nc(-c3c(OP(c4ccc(F)cc4)c4ccc(F)cc4)ccc4ccccc34)c3c(C)cc(C)n3c2c1. The van der Waals surface area contributed by atoms with E-state index in [9.17, 15) is 8.78 Å². The fraction of sp³-hybridized carbons (Fsp3) is 0.0833. The van der Waals surface area contributed by atoms with Crippen LogP contribution < -0.4 is 19.9 Å². The highest BCUT2D eigenvalue weighted by molar-refractivity contribution is 7.68. The van der Waals surface area contributed by atoms with E-state index >= 15 is 0 Å². The first-order chi connectivity index (χ1) is 20.9. The molecule has 0 atom stereocenters. The van der Waals surface area contributed by atoms with Crippen LogP contribution in [0, 0.1) is 25.5 Å². The molecule has 0 fully saturated rings. The second kappa shape index (κ2) is 10.8. The maximum absolute atomic E-state index is 14.0. The van der Waals surface area contributed by atoms with E-state index in [4.69, 9.17) is 14.2 Å². The van der Waals surface area contributed by atoms with Gasteiger partial charge in [-0.2, -0.15) is 0 Å². The molecule has 0 saturated carbocycles. The second-order valence-electron chi connectivity index (χ2n) is 10.5. The van der Waals surface area contributed by atoms with Crippen molar-refractivity contribution < 1.29 is 18.0 Å². The van der Waals surface area contributed by atoms with Crippen molar-refractivity contribution in [1.82, 2.24) is 9.38 Å². The maximum atomic E-state index is 14.0. The quantitative estimate of drug-likeness (QED) is 0.183. The summed E-state index contributed by atoms with van der Waals surface area (Å²) in [4.78, 5) is 5.26. The summed E-state index contributed by atoms with van der Waals surface area (Å²) in [5, 5.41) is 3.66. The minimum absolute atomic E-state index is 0.331. The molecule has 0 N–H and O–H groups in total. The molecule has 0 spiro atoms. The number of rotatable bonds is 6. The van der Waals surface area contributed by atoms with Crippen molar-refractivity contribution in [3.05, 3.63) is 132 Å². The molecule has 0 amide bonds. The van der Waals surface area contributed by atoms with Gasteiger partial charge in [0.1, 0.15) is 23.1 Å². The Bertz CT molecular complexity index is 2100. The molecule has 0 aliphatic rings. The molecular formula is C36H27F2N2O2P. The van der Waals surface area contributed by atoms with Gasteiger partial charge in [-0.25, -0.2) is 13.8 Å². The van der Waals surface area contributed by atoms with Gasteiger partial charge in [0.2, 0.25) is 0 Å². The van der Waals surface area contributed by atoms with Gasteiger partial charge >= 0.3 is 0 Å². The van der Waals surface area contributed by atoms with Gasteiger partial charge in [-0.05, 0) is 103 Å². The predicted molar refractivity (Wildman–Crippen MR) is 171 cm³/mol. The van der Waals surface area contributed by atoms with Gasteiger partial charge in [-0.1, -0.05) is 30.3 Å². The van der Waals surface area contributed by atoms with Crippen molar-refractivity contribution in [2.75, 3.05) is 7.11 Å². The van der Waals surface area contributed by atoms with Crippen molar-refractivity contribution in [3.8, 4) is 22.8 Å². The summed E-state index contributed by atoms with van der Waals surface area (Å²) in [6.45, 7) is 4.18. The highest BCUT2D eigenvalue weighted by Crippen LogP contribution is 2.46. The van der Waals surface area contributed by atoms with Crippen molar-refractivity contribution in [2.45, 2.75) is 13.8 Å². The molecule has 0 saturated heterocycles.